The van der Waals surface area contributed by atoms with E-state index in [1.807, 2.05) is 0 Å². The van der Waals surface area contributed by atoms with Crippen molar-refractivity contribution < 1.29 is 32.2 Å². The number of methoxy groups -OCH3 is 1. The zero-order valence-electron chi connectivity index (χ0n) is 11.9. The monoisotopic (exact) mass is 324 g/mol. The molecule has 0 saturated heterocycles. The summed E-state index contributed by atoms with van der Waals surface area (Å²) in [5.74, 6) is -1.59. The Hall–Kier alpha value is -2.83. The van der Waals surface area contributed by atoms with Crippen LogP contribution in [0, 0.1) is 0 Å². The summed E-state index contributed by atoms with van der Waals surface area (Å²) in [6, 6.07) is 9.96. The molecule has 23 heavy (non-hydrogen) atoms. The molecule has 0 saturated carbocycles. The maximum atomic E-state index is 12.5. The molecule has 0 bridgehead atoms. The van der Waals surface area contributed by atoms with Gasteiger partial charge in [-0.2, -0.15) is 0 Å². The largest absolute Gasteiger partial charge is 0.573 e. The number of carbonyl (C=O) groups excluding carboxylic acids is 2. The molecule has 0 amide bonds. The van der Waals surface area contributed by atoms with Crippen LogP contribution >= 0.6 is 0 Å². The number of benzene rings is 2. The lowest BCUT2D eigenvalue weighted by atomic mass is 10.0. The van der Waals surface area contributed by atoms with Gasteiger partial charge in [-0.1, -0.05) is 30.3 Å². The highest BCUT2D eigenvalue weighted by atomic mass is 19.4. The summed E-state index contributed by atoms with van der Waals surface area (Å²) in [4.78, 5) is 22.2. The minimum absolute atomic E-state index is 0.335. The molecule has 0 radical (unpaired) electrons. The minimum Gasteiger partial charge on any atom is -0.465 e. The maximum absolute atomic E-state index is 12.5. The van der Waals surface area contributed by atoms with Crippen LogP contribution in [0.15, 0.2) is 42.5 Å². The van der Waals surface area contributed by atoms with Crippen LogP contribution in [0.1, 0.15) is 20.7 Å². The molecule has 0 atom stereocenters. The standard InChI is InChI=1S/C16H11F3O4/c1-22-15(21)13-7-6-12(8-14(13)23-16(17,18)19)11-4-2-10(9-20)3-5-11/h2-9H,1H3. The van der Waals surface area contributed by atoms with Gasteiger partial charge in [0.15, 0.2) is 0 Å². The first-order valence-corrected chi connectivity index (χ1v) is 6.38. The molecule has 0 N–H and O–H groups in total. The Kier molecular flexibility index (Phi) is 4.68. The lowest BCUT2D eigenvalue weighted by Crippen LogP contribution is -2.19. The Balaban J connectivity index is 2.47. The normalized spacial score (nSPS) is 11.0. The fourth-order valence-corrected chi connectivity index (χ4v) is 1.94. The molecule has 4 nitrogen and oxygen atoms in total. The van der Waals surface area contributed by atoms with Crippen LogP contribution in [0.5, 0.6) is 5.75 Å². The molecule has 2 aromatic carbocycles. The Morgan fingerprint density at radius 3 is 2.17 bits per heavy atom. The molecule has 0 aliphatic rings. The van der Waals surface area contributed by atoms with E-state index in [9.17, 15) is 22.8 Å². The molecule has 0 unspecified atom stereocenters. The van der Waals surface area contributed by atoms with Crippen LogP contribution in [-0.4, -0.2) is 25.7 Å². The number of esters is 1. The first kappa shape index (κ1) is 16.5. The summed E-state index contributed by atoms with van der Waals surface area (Å²) >= 11 is 0. The second-order valence-electron chi connectivity index (χ2n) is 4.49. The van der Waals surface area contributed by atoms with Crippen molar-refractivity contribution >= 4 is 12.3 Å². The van der Waals surface area contributed by atoms with Gasteiger partial charge in [-0.15, -0.1) is 13.2 Å². The predicted molar refractivity (Wildman–Crippen MR) is 75.3 cm³/mol. The van der Waals surface area contributed by atoms with Crippen molar-refractivity contribution in [2.75, 3.05) is 7.11 Å². The maximum Gasteiger partial charge on any atom is 0.573 e. The van der Waals surface area contributed by atoms with Crippen molar-refractivity contribution in [3.05, 3.63) is 53.6 Å². The fourth-order valence-electron chi connectivity index (χ4n) is 1.94. The average molecular weight is 324 g/mol. The van der Waals surface area contributed by atoms with Crippen LogP contribution in [0.25, 0.3) is 11.1 Å². The van der Waals surface area contributed by atoms with E-state index in [4.69, 9.17) is 0 Å². The zero-order chi connectivity index (χ0) is 17.0. The number of halogens is 3. The molecule has 0 spiro atoms. The van der Waals surface area contributed by atoms with E-state index in [1.54, 1.807) is 12.1 Å². The van der Waals surface area contributed by atoms with Gasteiger partial charge in [0, 0.05) is 5.56 Å². The Morgan fingerprint density at radius 2 is 1.65 bits per heavy atom. The van der Waals surface area contributed by atoms with E-state index < -0.39 is 18.1 Å². The Morgan fingerprint density at radius 1 is 1.04 bits per heavy atom. The number of rotatable bonds is 4. The van der Waals surface area contributed by atoms with Crippen molar-refractivity contribution in [1.82, 2.24) is 0 Å². The van der Waals surface area contributed by atoms with E-state index in [0.717, 1.165) is 13.2 Å². The van der Waals surface area contributed by atoms with Gasteiger partial charge in [0.25, 0.3) is 0 Å². The number of carbonyl (C=O) groups is 2. The van der Waals surface area contributed by atoms with Gasteiger partial charge < -0.3 is 9.47 Å². The molecule has 0 aliphatic heterocycles. The van der Waals surface area contributed by atoms with E-state index in [1.165, 1.54) is 24.3 Å². The quantitative estimate of drug-likeness (QED) is 0.633. The third kappa shape index (κ3) is 4.09. The summed E-state index contributed by atoms with van der Waals surface area (Å²) in [6.45, 7) is 0. The number of aldehydes is 1. The molecule has 120 valence electrons. The number of hydrogen-bond acceptors (Lipinski definition) is 4. The van der Waals surface area contributed by atoms with Gasteiger partial charge in [-0.3, -0.25) is 4.79 Å². The highest BCUT2D eigenvalue weighted by molar-refractivity contribution is 5.93. The van der Waals surface area contributed by atoms with Crippen molar-refractivity contribution in [1.29, 1.82) is 0 Å². The third-order valence-corrected chi connectivity index (χ3v) is 2.99. The second-order valence-corrected chi connectivity index (χ2v) is 4.49. The van der Waals surface area contributed by atoms with E-state index in [2.05, 4.69) is 9.47 Å². The zero-order valence-corrected chi connectivity index (χ0v) is 11.9. The minimum atomic E-state index is -4.94. The Labute approximate surface area is 129 Å². The molecule has 0 aromatic heterocycles. The van der Waals surface area contributed by atoms with Gasteiger partial charge in [0.2, 0.25) is 0 Å². The van der Waals surface area contributed by atoms with Crippen molar-refractivity contribution in [2.45, 2.75) is 6.36 Å². The fraction of sp³-hybridized carbons (Fsp3) is 0.125. The van der Waals surface area contributed by atoms with Gasteiger partial charge in [-0.05, 0) is 23.3 Å². The molecule has 0 aliphatic carbocycles. The summed E-state index contributed by atoms with van der Waals surface area (Å²) in [5, 5.41) is 0. The summed E-state index contributed by atoms with van der Waals surface area (Å²) in [7, 11) is 1.06. The van der Waals surface area contributed by atoms with Gasteiger partial charge in [-0.25, -0.2) is 4.79 Å². The van der Waals surface area contributed by atoms with E-state index in [0.29, 0.717) is 23.0 Å². The smallest absolute Gasteiger partial charge is 0.465 e. The molecule has 0 heterocycles. The van der Waals surface area contributed by atoms with Crippen molar-refractivity contribution in [3.8, 4) is 16.9 Å². The van der Waals surface area contributed by atoms with Crippen LogP contribution in [0.2, 0.25) is 0 Å². The third-order valence-electron chi connectivity index (χ3n) is 2.99. The molecule has 2 rings (SSSR count). The lowest BCUT2D eigenvalue weighted by molar-refractivity contribution is -0.274. The summed E-state index contributed by atoms with van der Waals surface area (Å²) in [5.41, 5.74) is 1.07. The van der Waals surface area contributed by atoms with E-state index in [-0.39, 0.29) is 5.56 Å². The Bertz CT molecular complexity index is 721. The SMILES string of the molecule is COC(=O)c1ccc(-c2ccc(C=O)cc2)cc1OC(F)(F)F. The van der Waals surface area contributed by atoms with Gasteiger partial charge in [0.1, 0.15) is 17.6 Å². The highest BCUT2D eigenvalue weighted by Crippen LogP contribution is 2.32. The van der Waals surface area contributed by atoms with Crippen LogP contribution < -0.4 is 4.74 Å². The first-order valence-electron chi connectivity index (χ1n) is 6.38. The lowest BCUT2D eigenvalue weighted by Gasteiger charge is -2.13. The van der Waals surface area contributed by atoms with Crippen molar-refractivity contribution in [3.63, 3.8) is 0 Å². The molecule has 0 fully saturated rings. The van der Waals surface area contributed by atoms with Gasteiger partial charge >= 0.3 is 12.3 Å². The number of hydrogen-bond donors (Lipinski definition) is 0. The first-order chi connectivity index (χ1) is 10.8. The average Bonchev–Trinajstić information content (AvgIpc) is 2.52. The van der Waals surface area contributed by atoms with E-state index >= 15 is 0 Å². The number of ether oxygens (including phenoxy) is 2. The molecular weight excluding hydrogens is 313 g/mol. The molecular formula is C16H11F3O4. The van der Waals surface area contributed by atoms with Gasteiger partial charge in [0.05, 0.1) is 7.11 Å². The highest BCUT2D eigenvalue weighted by Gasteiger charge is 2.33. The molecule has 2 aromatic rings. The van der Waals surface area contributed by atoms with Crippen molar-refractivity contribution in [2.24, 2.45) is 0 Å². The van der Waals surface area contributed by atoms with Crippen LogP contribution in [0.4, 0.5) is 13.2 Å². The van der Waals surface area contributed by atoms with Crippen LogP contribution in [0.3, 0.4) is 0 Å². The molecule has 7 heteroatoms. The summed E-state index contributed by atoms with van der Waals surface area (Å²) in [6.07, 6.45) is -4.29. The predicted octanol–water partition coefficient (Wildman–Crippen LogP) is 3.85. The second kappa shape index (κ2) is 6.51. The topological polar surface area (TPSA) is 52.6 Å². The number of alkyl halides is 3. The van der Waals surface area contributed by atoms with Crippen LogP contribution in [-0.2, 0) is 4.74 Å². The summed E-state index contributed by atoms with van der Waals surface area (Å²) < 4.78 is 45.9.